The summed E-state index contributed by atoms with van der Waals surface area (Å²) >= 11 is 1.58. The molecule has 9 heteroatoms. The maximum absolute atomic E-state index is 12.8. The minimum absolute atomic E-state index is 0.0994. The summed E-state index contributed by atoms with van der Waals surface area (Å²) in [6.45, 7) is 3.91. The maximum Gasteiger partial charge on any atom is 0.262 e. The van der Waals surface area contributed by atoms with Gasteiger partial charge in [0, 0.05) is 22.7 Å². The quantitative estimate of drug-likeness (QED) is 0.438. The molecule has 1 aromatic heterocycles. The van der Waals surface area contributed by atoms with E-state index in [0.717, 1.165) is 10.4 Å². The number of benzene rings is 2. The fourth-order valence-electron chi connectivity index (χ4n) is 3.03. The van der Waals surface area contributed by atoms with Gasteiger partial charge in [0.05, 0.1) is 17.9 Å². The SMILES string of the molecule is CCC(=O)Nc1ccc(S(=O)(=O)Nc2ccc(CC(=O)NCc3cccs3)cc2)c(C)c1. The van der Waals surface area contributed by atoms with Crippen LogP contribution in [0.5, 0.6) is 0 Å². The molecule has 0 fully saturated rings. The van der Waals surface area contributed by atoms with Crippen molar-refractivity contribution in [2.75, 3.05) is 10.0 Å². The highest BCUT2D eigenvalue weighted by atomic mass is 32.2. The summed E-state index contributed by atoms with van der Waals surface area (Å²) in [6, 6.07) is 15.3. The predicted octanol–water partition coefficient (Wildman–Crippen LogP) is 4.06. The summed E-state index contributed by atoms with van der Waals surface area (Å²) in [5.74, 6) is -0.240. The van der Waals surface area contributed by atoms with Crippen molar-refractivity contribution >= 4 is 44.5 Å². The zero-order valence-corrected chi connectivity index (χ0v) is 19.5. The van der Waals surface area contributed by atoms with Crippen molar-refractivity contribution in [3.05, 3.63) is 76.0 Å². The highest BCUT2D eigenvalue weighted by molar-refractivity contribution is 7.92. The van der Waals surface area contributed by atoms with Gasteiger partial charge in [0.15, 0.2) is 0 Å². The largest absolute Gasteiger partial charge is 0.351 e. The number of rotatable bonds is 9. The third kappa shape index (κ3) is 6.41. The van der Waals surface area contributed by atoms with Gasteiger partial charge in [-0.05, 0) is 59.8 Å². The molecule has 0 spiro atoms. The third-order valence-corrected chi connectivity index (χ3v) is 7.10. The summed E-state index contributed by atoms with van der Waals surface area (Å²) in [6.07, 6.45) is 0.551. The fourth-order valence-corrected chi connectivity index (χ4v) is 4.96. The van der Waals surface area contributed by atoms with Crippen LogP contribution in [-0.2, 0) is 32.6 Å². The van der Waals surface area contributed by atoms with Gasteiger partial charge in [-0.3, -0.25) is 14.3 Å². The molecule has 3 rings (SSSR count). The molecular formula is C23H25N3O4S2. The number of carbonyl (C=O) groups is 2. The Labute approximate surface area is 191 Å². The molecule has 3 N–H and O–H groups in total. The van der Waals surface area contributed by atoms with Crippen molar-refractivity contribution < 1.29 is 18.0 Å². The first kappa shape index (κ1) is 23.5. The molecule has 32 heavy (non-hydrogen) atoms. The Balaban J connectivity index is 1.61. The molecule has 0 bridgehead atoms. The van der Waals surface area contributed by atoms with E-state index in [1.54, 1.807) is 61.6 Å². The van der Waals surface area contributed by atoms with Crippen molar-refractivity contribution in [3.63, 3.8) is 0 Å². The average molecular weight is 472 g/mol. The third-order valence-electron chi connectivity index (χ3n) is 4.68. The number of carbonyl (C=O) groups excluding carboxylic acids is 2. The Morgan fingerprint density at radius 2 is 1.69 bits per heavy atom. The summed E-state index contributed by atoms with van der Waals surface area (Å²) < 4.78 is 28.2. The van der Waals surface area contributed by atoms with Gasteiger partial charge < -0.3 is 10.6 Å². The summed E-state index contributed by atoms with van der Waals surface area (Å²) in [7, 11) is -3.81. The van der Waals surface area contributed by atoms with Crippen LogP contribution in [0.4, 0.5) is 11.4 Å². The molecule has 0 aliphatic rings. The Hall–Kier alpha value is -3.17. The van der Waals surface area contributed by atoms with E-state index in [1.807, 2.05) is 17.5 Å². The lowest BCUT2D eigenvalue weighted by atomic mass is 10.1. The minimum Gasteiger partial charge on any atom is -0.351 e. The molecule has 0 radical (unpaired) electrons. The van der Waals surface area contributed by atoms with Crippen LogP contribution in [0.25, 0.3) is 0 Å². The van der Waals surface area contributed by atoms with Crippen LogP contribution in [-0.4, -0.2) is 20.2 Å². The number of anilines is 2. The van der Waals surface area contributed by atoms with Crippen molar-refractivity contribution in [3.8, 4) is 0 Å². The van der Waals surface area contributed by atoms with Gasteiger partial charge in [0.1, 0.15) is 0 Å². The second-order valence-electron chi connectivity index (χ2n) is 7.22. The first-order chi connectivity index (χ1) is 15.3. The predicted molar refractivity (Wildman–Crippen MR) is 127 cm³/mol. The van der Waals surface area contributed by atoms with Crippen molar-refractivity contribution in [2.24, 2.45) is 0 Å². The second kappa shape index (κ2) is 10.4. The topological polar surface area (TPSA) is 104 Å². The molecule has 0 saturated heterocycles. The van der Waals surface area contributed by atoms with Crippen LogP contribution < -0.4 is 15.4 Å². The number of aryl methyl sites for hydroxylation is 1. The zero-order chi connectivity index (χ0) is 23.1. The van der Waals surface area contributed by atoms with Crippen LogP contribution in [0.15, 0.2) is 64.9 Å². The molecule has 0 atom stereocenters. The molecule has 7 nitrogen and oxygen atoms in total. The number of sulfonamides is 1. The summed E-state index contributed by atoms with van der Waals surface area (Å²) in [5.41, 5.74) is 2.25. The Bertz CT molecular complexity index is 1190. The van der Waals surface area contributed by atoms with Crippen LogP contribution >= 0.6 is 11.3 Å². The first-order valence-electron chi connectivity index (χ1n) is 10.1. The number of hydrogen-bond donors (Lipinski definition) is 3. The number of amides is 2. The maximum atomic E-state index is 12.8. The van der Waals surface area contributed by atoms with Gasteiger partial charge >= 0.3 is 0 Å². The molecule has 168 valence electrons. The van der Waals surface area contributed by atoms with Crippen LogP contribution in [0, 0.1) is 6.92 Å². The number of hydrogen-bond acceptors (Lipinski definition) is 5. The molecule has 0 aliphatic carbocycles. The lowest BCUT2D eigenvalue weighted by molar-refractivity contribution is -0.120. The van der Waals surface area contributed by atoms with Gasteiger partial charge in [-0.15, -0.1) is 11.3 Å². The molecule has 1 heterocycles. The van der Waals surface area contributed by atoms with Crippen molar-refractivity contribution in [1.29, 1.82) is 0 Å². The van der Waals surface area contributed by atoms with E-state index in [-0.39, 0.29) is 23.1 Å². The van der Waals surface area contributed by atoms with Crippen LogP contribution in [0.3, 0.4) is 0 Å². The summed E-state index contributed by atoms with van der Waals surface area (Å²) in [5, 5.41) is 7.54. The Morgan fingerprint density at radius 1 is 0.969 bits per heavy atom. The molecule has 2 aromatic carbocycles. The van der Waals surface area contributed by atoms with Gasteiger partial charge in [-0.2, -0.15) is 0 Å². The summed E-state index contributed by atoms with van der Waals surface area (Å²) in [4.78, 5) is 24.9. The zero-order valence-electron chi connectivity index (χ0n) is 17.8. The van der Waals surface area contributed by atoms with Crippen LogP contribution in [0.2, 0.25) is 0 Å². The van der Waals surface area contributed by atoms with E-state index in [4.69, 9.17) is 0 Å². The monoisotopic (exact) mass is 471 g/mol. The Morgan fingerprint density at radius 3 is 2.31 bits per heavy atom. The van der Waals surface area contributed by atoms with Gasteiger partial charge in [-0.25, -0.2) is 8.42 Å². The smallest absolute Gasteiger partial charge is 0.262 e. The van der Waals surface area contributed by atoms with E-state index in [2.05, 4.69) is 15.4 Å². The molecule has 0 saturated carbocycles. The minimum atomic E-state index is -3.81. The molecule has 3 aromatic rings. The lowest BCUT2D eigenvalue weighted by Crippen LogP contribution is -2.24. The van der Waals surface area contributed by atoms with Crippen molar-refractivity contribution in [2.45, 2.75) is 38.1 Å². The van der Waals surface area contributed by atoms with Gasteiger partial charge in [-0.1, -0.05) is 25.1 Å². The van der Waals surface area contributed by atoms with Gasteiger partial charge in [0.25, 0.3) is 10.0 Å². The van der Waals surface area contributed by atoms with Crippen molar-refractivity contribution in [1.82, 2.24) is 5.32 Å². The van der Waals surface area contributed by atoms with E-state index < -0.39 is 10.0 Å². The molecule has 2 amide bonds. The van der Waals surface area contributed by atoms with E-state index >= 15 is 0 Å². The van der Waals surface area contributed by atoms with E-state index in [9.17, 15) is 18.0 Å². The van der Waals surface area contributed by atoms with Crippen LogP contribution in [0.1, 0.15) is 29.3 Å². The highest BCUT2D eigenvalue weighted by Crippen LogP contribution is 2.23. The Kier molecular flexibility index (Phi) is 7.66. The second-order valence-corrected chi connectivity index (χ2v) is 9.90. The normalized spacial score (nSPS) is 11.1. The number of nitrogens with one attached hydrogen (secondary N) is 3. The molecular weight excluding hydrogens is 446 g/mol. The average Bonchev–Trinajstić information content (AvgIpc) is 3.27. The standard InChI is InChI=1S/C23H25N3O4S2/c1-3-22(27)25-19-10-11-21(16(2)13-19)32(29,30)26-18-8-6-17(7-9-18)14-23(28)24-15-20-5-4-12-31-20/h4-13,26H,3,14-15H2,1-2H3,(H,24,28)(H,25,27). The number of thiophene rings is 1. The lowest BCUT2D eigenvalue weighted by Gasteiger charge is -2.12. The highest BCUT2D eigenvalue weighted by Gasteiger charge is 2.17. The molecule has 0 aliphatic heterocycles. The molecule has 0 unspecified atom stereocenters. The fraction of sp³-hybridized carbons (Fsp3) is 0.217. The van der Waals surface area contributed by atoms with Gasteiger partial charge in [0.2, 0.25) is 11.8 Å². The van der Waals surface area contributed by atoms with E-state index in [1.165, 1.54) is 6.07 Å². The first-order valence-corrected chi connectivity index (χ1v) is 12.4. The van der Waals surface area contributed by atoms with E-state index in [0.29, 0.717) is 29.9 Å².